The van der Waals surface area contributed by atoms with Crippen LogP contribution in [0.2, 0.25) is 0 Å². The number of hydrogen-bond donors (Lipinski definition) is 0. The number of rotatable bonds is 7. The molecule has 11 heterocycles. The molecule has 0 N–H and O–H groups in total. The van der Waals surface area contributed by atoms with Crippen molar-refractivity contribution in [3.63, 3.8) is 0 Å². The Balaban J connectivity index is 0.000000112. The largest absolute Gasteiger partial charge is 0.435 e. The molecular formula is C102H133N13O2. The first-order valence-corrected chi connectivity index (χ1v) is 44.1. The minimum Gasteiger partial charge on any atom is -0.435 e. The van der Waals surface area contributed by atoms with Gasteiger partial charge in [0.15, 0.2) is 34.4 Å². The highest BCUT2D eigenvalue weighted by molar-refractivity contribution is 6.11. The van der Waals surface area contributed by atoms with Crippen LogP contribution >= 0.6 is 0 Å². The van der Waals surface area contributed by atoms with Crippen LogP contribution in [-0.2, 0) is 0 Å². The van der Waals surface area contributed by atoms with Crippen LogP contribution in [0.4, 0.5) is 51.7 Å². The van der Waals surface area contributed by atoms with Crippen molar-refractivity contribution in [1.82, 2.24) is 29.9 Å². The first-order valence-electron chi connectivity index (χ1n) is 45.1. The predicted molar refractivity (Wildman–Crippen MR) is 489 cm³/mol. The van der Waals surface area contributed by atoms with Crippen molar-refractivity contribution in [3.8, 4) is 0 Å². The minimum atomic E-state index is -0.854. The van der Waals surface area contributed by atoms with Gasteiger partial charge in [-0.1, -0.05) is 112 Å². The summed E-state index contributed by atoms with van der Waals surface area (Å²) in [5, 5.41) is 4.04. The molecule has 3 saturated heterocycles. The lowest BCUT2D eigenvalue weighted by atomic mass is 9.43. The maximum absolute atomic E-state index is 8.67. The maximum atomic E-state index is 8.67. The SMILES string of the molecule is Cc1ccccc1N1C(C)C(C)(C)CC1(C)C.Cc1ccccc1N1C(C)C2(CC1(C)C)C1CC3CC(C1)CC2C3.Cc1ccccc1N1C(C)C2(CCCCC2)CC1(C)C.[2H]C(C)(C)N1c2nccnc2N(c2c(C)ccc3c2oc2nc(C)ccc23)C1C.[2H]C(C)(C)N1c2nccnc2N(c2c(C)ccc3c2oc2nc(C)ccc23)C1C. The van der Waals surface area contributed by atoms with E-state index in [0.717, 1.165) is 102 Å². The van der Waals surface area contributed by atoms with Crippen LogP contribution < -0.4 is 34.3 Å². The van der Waals surface area contributed by atoms with Gasteiger partial charge < -0.3 is 33.3 Å². The van der Waals surface area contributed by atoms with Crippen molar-refractivity contribution in [1.29, 1.82) is 0 Å². The molecule has 5 aliphatic carbocycles. The van der Waals surface area contributed by atoms with E-state index < -0.39 is 12.0 Å². The van der Waals surface area contributed by atoms with Crippen molar-refractivity contribution < 1.29 is 11.6 Å². The van der Waals surface area contributed by atoms with Gasteiger partial charge in [0.1, 0.15) is 12.3 Å². The number of para-hydroxylation sites is 3. The highest BCUT2D eigenvalue weighted by atomic mass is 16.3. The molecule has 15 heteroatoms. The highest BCUT2D eigenvalue weighted by Crippen LogP contribution is 2.70. The van der Waals surface area contributed by atoms with Crippen molar-refractivity contribution in [2.75, 3.05) is 34.3 Å². The van der Waals surface area contributed by atoms with E-state index in [0.29, 0.717) is 57.4 Å². The summed E-state index contributed by atoms with van der Waals surface area (Å²) in [5.41, 5.74) is 19.6. The van der Waals surface area contributed by atoms with Gasteiger partial charge in [0.2, 0.25) is 11.4 Å². The van der Waals surface area contributed by atoms with Crippen LogP contribution in [0, 0.1) is 88.4 Å². The number of fused-ring (bicyclic) bond motifs is 8. The Morgan fingerprint density at radius 2 is 0.761 bits per heavy atom. The summed E-state index contributed by atoms with van der Waals surface area (Å²) in [7, 11) is 0. The molecule has 5 aliphatic heterocycles. The van der Waals surface area contributed by atoms with Gasteiger partial charge in [-0.15, -0.1) is 0 Å². The van der Waals surface area contributed by atoms with E-state index in [4.69, 9.17) is 11.6 Å². The molecule has 5 unspecified atom stereocenters. The number of furan rings is 2. The van der Waals surface area contributed by atoms with Gasteiger partial charge >= 0.3 is 0 Å². The van der Waals surface area contributed by atoms with Crippen molar-refractivity contribution in [3.05, 3.63) is 185 Å². The van der Waals surface area contributed by atoms with Crippen molar-refractivity contribution in [2.24, 2.45) is 39.9 Å². The van der Waals surface area contributed by atoms with Gasteiger partial charge in [-0.3, -0.25) is 9.80 Å². The normalized spacial score (nSPS) is 26.3. The topological polar surface area (TPSA) is 126 Å². The summed E-state index contributed by atoms with van der Waals surface area (Å²) in [6.07, 6.45) is 25.3. The van der Waals surface area contributed by atoms with Crippen LogP contribution in [-0.4, -0.2) is 89.0 Å². The van der Waals surface area contributed by atoms with Gasteiger partial charge in [-0.25, -0.2) is 29.9 Å². The molecule has 11 aromatic rings. The van der Waals surface area contributed by atoms with Crippen LogP contribution in [0.1, 0.15) is 243 Å². The van der Waals surface area contributed by atoms with E-state index in [1.807, 2.05) is 63.5 Å². The fourth-order valence-corrected chi connectivity index (χ4v) is 25.3. The third-order valence-corrected chi connectivity index (χ3v) is 29.8. The van der Waals surface area contributed by atoms with Gasteiger partial charge in [-0.05, 0) is 327 Å². The first kappa shape index (κ1) is 78.9. The zero-order chi connectivity index (χ0) is 84.9. The molecule has 10 aliphatic rings. The molecule has 8 fully saturated rings. The van der Waals surface area contributed by atoms with Crippen molar-refractivity contribution >= 4 is 95.8 Å². The smallest absolute Gasteiger partial charge is 0.227 e. The fraction of sp³-hybridized carbons (Fsp3) is 0.529. The van der Waals surface area contributed by atoms with Gasteiger partial charge in [0.25, 0.3) is 0 Å². The lowest BCUT2D eigenvalue weighted by Crippen LogP contribution is -2.57. The Bertz CT molecular complexity index is 5380. The molecule has 5 saturated carbocycles. The van der Waals surface area contributed by atoms with E-state index in [9.17, 15) is 0 Å². The van der Waals surface area contributed by atoms with Gasteiger partial charge in [0, 0.05) is 122 Å². The molecular weight excluding hydrogens is 1440 g/mol. The summed E-state index contributed by atoms with van der Waals surface area (Å²) in [4.78, 5) is 43.9. The summed E-state index contributed by atoms with van der Waals surface area (Å²) in [6.45, 7) is 53.3. The van der Waals surface area contributed by atoms with E-state index in [1.165, 1.54) is 111 Å². The quantitative estimate of drug-likeness (QED) is 0.150. The van der Waals surface area contributed by atoms with Crippen LogP contribution in [0.3, 0.4) is 0 Å². The second-order valence-electron chi connectivity index (χ2n) is 39.9. The Morgan fingerprint density at radius 1 is 0.393 bits per heavy atom. The molecule has 21 rings (SSSR count). The zero-order valence-corrected chi connectivity index (χ0v) is 74.9. The molecule has 6 aromatic heterocycles. The number of pyridine rings is 2. The molecule has 0 radical (unpaired) electrons. The van der Waals surface area contributed by atoms with Crippen LogP contribution in [0.5, 0.6) is 0 Å². The van der Waals surface area contributed by atoms with E-state index in [-0.39, 0.29) is 28.9 Å². The summed E-state index contributed by atoms with van der Waals surface area (Å²) < 4.78 is 29.9. The average Bonchev–Trinajstić information content (AvgIpc) is 1.54. The first-order chi connectivity index (χ1) is 56.2. The molecule has 4 bridgehead atoms. The highest BCUT2D eigenvalue weighted by Gasteiger charge is 2.66. The fourth-order valence-electron chi connectivity index (χ4n) is 25.3. The maximum Gasteiger partial charge on any atom is 0.227 e. The molecule has 2 spiro atoms. The lowest BCUT2D eigenvalue weighted by Gasteiger charge is -2.62. The molecule has 0 amide bonds. The summed E-state index contributed by atoms with van der Waals surface area (Å²) in [5.74, 6) is 7.03. The summed E-state index contributed by atoms with van der Waals surface area (Å²) >= 11 is 0. The van der Waals surface area contributed by atoms with E-state index in [2.05, 4.69) is 288 Å². The number of anilines is 9. The molecule has 15 nitrogen and oxygen atoms in total. The zero-order valence-electron chi connectivity index (χ0n) is 76.9. The molecule has 5 aromatic carbocycles. The Labute approximate surface area is 701 Å². The minimum absolute atomic E-state index is 0.146. The number of benzene rings is 5. The Hall–Kier alpha value is -9.24. The van der Waals surface area contributed by atoms with Gasteiger partial charge in [-0.2, -0.15) is 0 Å². The summed E-state index contributed by atoms with van der Waals surface area (Å²) in [6, 6.07) is 43.4. The van der Waals surface area contributed by atoms with Crippen LogP contribution in [0.15, 0.2) is 155 Å². The third-order valence-electron chi connectivity index (χ3n) is 29.8. The monoisotopic (exact) mass is 1570 g/mol. The average molecular weight is 1580 g/mol. The van der Waals surface area contributed by atoms with Crippen molar-refractivity contribution in [2.45, 2.75) is 309 Å². The van der Waals surface area contributed by atoms with E-state index >= 15 is 0 Å². The lowest BCUT2D eigenvalue weighted by molar-refractivity contribution is -0.113. The predicted octanol–water partition coefficient (Wildman–Crippen LogP) is 25.7. The molecule has 5 atom stereocenters. The molecule has 117 heavy (non-hydrogen) atoms. The number of hydrogen-bond acceptors (Lipinski definition) is 15. The number of aryl methyl sites for hydroxylation is 7. The second kappa shape index (κ2) is 30.5. The second-order valence-corrected chi connectivity index (χ2v) is 39.9. The number of aromatic nitrogens is 6. The van der Waals surface area contributed by atoms with E-state index in [1.54, 1.807) is 31.2 Å². The number of nitrogens with zero attached hydrogens (tertiary/aromatic N) is 13. The van der Waals surface area contributed by atoms with Crippen LogP contribution in [0.25, 0.3) is 44.1 Å². The van der Waals surface area contributed by atoms with Gasteiger partial charge in [0.05, 0.1) is 14.1 Å². The Morgan fingerprint density at radius 3 is 1.15 bits per heavy atom. The molecule has 618 valence electrons. The third kappa shape index (κ3) is 14.0. The Kier molecular flexibility index (Phi) is 20.6. The standard InChI is InChI=1S/C23H33N.2C22H23N5O.C19H29N.C16H25N/c1-15-7-5-6-8-21(15)24-16(2)23(14-22(24,3)4)19-10-17-9-18(12-19)13-20(23)11-17;2*1-12(2)26-15(5)27(21-20(26)23-10-11-24-21)18-13(3)6-8-16-17-9-7-14(4)25-22(17)28-19(16)18;1-15-10-6-7-11-17(15)20-16(2)19(14-18(20,3)4)12-8-5-9-13-19;1-12-9-7-8-10-14(12)17-13(2)15(3,4)11-16(17,5)6/h5-8,16-20H,9-14H2,1-4H3;2*6-12,15H,1-5H3;6-7,10-11,16H,5,8-9,12-14H2,1-4H3;7-10,13H,11H2,1-6H3/i;2*12D;;.